The molecule has 0 bridgehead atoms. The zero-order valence-corrected chi connectivity index (χ0v) is 12.4. The van der Waals surface area contributed by atoms with Gasteiger partial charge in [-0.1, -0.05) is 35.9 Å². The van der Waals surface area contributed by atoms with Gasteiger partial charge in [0, 0.05) is 10.4 Å². The number of furan rings is 1. The smallest absolute Gasteiger partial charge is 0.442 e. The number of benzene rings is 2. The average molecular weight is 332 g/mol. The summed E-state index contributed by atoms with van der Waals surface area (Å²) < 4.78 is 5.32. The largest absolute Gasteiger partial charge is 0.481 e. The number of rotatable bonds is 4. The fraction of sp³-hybridized carbons (Fsp3) is 0.0625. The highest BCUT2D eigenvalue weighted by molar-refractivity contribution is 6.31. The number of hydrogen-bond acceptors (Lipinski definition) is 4. The van der Waals surface area contributed by atoms with Crippen molar-refractivity contribution in [3.8, 4) is 11.1 Å². The molecular weight excluding hydrogens is 322 g/mol. The Balaban J connectivity index is 2.25. The van der Waals surface area contributed by atoms with Gasteiger partial charge < -0.3 is 9.52 Å². The minimum atomic E-state index is -0.975. The van der Waals surface area contributed by atoms with Gasteiger partial charge in [0.25, 0.3) is 0 Å². The molecule has 0 atom stereocenters. The summed E-state index contributed by atoms with van der Waals surface area (Å²) in [6.45, 7) is 0. The molecule has 1 heterocycles. The molecule has 23 heavy (non-hydrogen) atoms. The molecule has 3 rings (SSSR count). The Morgan fingerprint density at radius 3 is 2.74 bits per heavy atom. The van der Waals surface area contributed by atoms with Crippen molar-refractivity contribution in [2.45, 2.75) is 6.42 Å². The van der Waals surface area contributed by atoms with Crippen LogP contribution < -0.4 is 0 Å². The van der Waals surface area contributed by atoms with Crippen LogP contribution in [0, 0.1) is 10.1 Å². The average Bonchev–Trinajstić information content (AvgIpc) is 2.85. The monoisotopic (exact) mass is 331 g/mol. The third-order valence-corrected chi connectivity index (χ3v) is 3.60. The standard InChI is InChI=1S/C16H10ClNO5/c17-11-4-5-13-12(8-11)15(16(23-13)18(21)22)10-3-1-2-9(6-10)7-14(19)20/h1-6,8H,7H2,(H,19,20). The lowest BCUT2D eigenvalue weighted by molar-refractivity contribution is -0.400. The van der Waals surface area contributed by atoms with E-state index in [0.717, 1.165) is 0 Å². The molecule has 0 saturated carbocycles. The number of aliphatic carboxylic acids is 1. The number of nitrogens with zero attached hydrogens (tertiary/aromatic N) is 1. The second-order valence-electron chi connectivity index (χ2n) is 4.95. The Hall–Kier alpha value is -2.86. The van der Waals surface area contributed by atoms with Crippen LogP contribution in [-0.2, 0) is 11.2 Å². The van der Waals surface area contributed by atoms with Crippen molar-refractivity contribution in [1.29, 1.82) is 0 Å². The SMILES string of the molecule is O=C(O)Cc1cccc(-c2c([N+](=O)[O-])oc3ccc(Cl)cc23)c1. The van der Waals surface area contributed by atoms with Gasteiger partial charge in [0.1, 0.15) is 16.1 Å². The Bertz CT molecular complexity index is 931. The van der Waals surface area contributed by atoms with Crippen LogP contribution in [0.4, 0.5) is 5.88 Å². The predicted octanol–water partition coefficient (Wildman–Crippen LogP) is 4.29. The molecule has 0 unspecified atom stereocenters. The van der Waals surface area contributed by atoms with Crippen LogP contribution in [0.3, 0.4) is 0 Å². The molecule has 0 fully saturated rings. The lowest BCUT2D eigenvalue weighted by Gasteiger charge is -2.02. The first-order valence-corrected chi connectivity index (χ1v) is 7.01. The summed E-state index contributed by atoms with van der Waals surface area (Å²) in [7, 11) is 0. The van der Waals surface area contributed by atoms with Gasteiger partial charge in [-0.2, -0.15) is 0 Å². The van der Waals surface area contributed by atoms with Gasteiger partial charge in [-0.25, -0.2) is 0 Å². The van der Waals surface area contributed by atoms with Gasteiger partial charge in [0.15, 0.2) is 0 Å². The number of fused-ring (bicyclic) bond motifs is 1. The number of carbonyl (C=O) groups is 1. The van der Waals surface area contributed by atoms with Gasteiger partial charge in [0.2, 0.25) is 0 Å². The van der Waals surface area contributed by atoms with Gasteiger partial charge in [-0.05, 0) is 29.3 Å². The van der Waals surface area contributed by atoms with Crippen LogP contribution in [0.1, 0.15) is 5.56 Å². The molecule has 0 saturated heterocycles. The van der Waals surface area contributed by atoms with E-state index >= 15 is 0 Å². The summed E-state index contributed by atoms with van der Waals surface area (Å²) in [6.07, 6.45) is -0.168. The molecule has 6 nitrogen and oxygen atoms in total. The molecule has 0 aliphatic carbocycles. The molecule has 1 aromatic heterocycles. The Morgan fingerprint density at radius 1 is 1.26 bits per heavy atom. The first kappa shape index (κ1) is 15.1. The third kappa shape index (κ3) is 2.89. The van der Waals surface area contributed by atoms with E-state index in [1.54, 1.807) is 42.5 Å². The molecule has 0 aliphatic rings. The van der Waals surface area contributed by atoms with Crippen LogP contribution >= 0.6 is 11.6 Å². The Morgan fingerprint density at radius 2 is 2.04 bits per heavy atom. The highest BCUT2D eigenvalue weighted by Crippen LogP contribution is 2.40. The van der Waals surface area contributed by atoms with Crippen molar-refractivity contribution in [3.63, 3.8) is 0 Å². The maximum Gasteiger partial charge on any atom is 0.442 e. The van der Waals surface area contributed by atoms with E-state index in [1.165, 1.54) is 0 Å². The quantitative estimate of drug-likeness (QED) is 0.568. The van der Waals surface area contributed by atoms with Crippen LogP contribution in [-0.4, -0.2) is 16.0 Å². The lowest BCUT2D eigenvalue weighted by Crippen LogP contribution is -1.99. The van der Waals surface area contributed by atoms with Crippen LogP contribution in [0.15, 0.2) is 46.9 Å². The fourth-order valence-corrected chi connectivity index (χ4v) is 2.65. The molecule has 3 aromatic rings. The van der Waals surface area contributed by atoms with E-state index in [4.69, 9.17) is 21.1 Å². The van der Waals surface area contributed by atoms with Crippen molar-refractivity contribution in [1.82, 2.24) is 0 Å². The highest BCUT2D eigenvalue weighted by atomic mass is 35.5. The zero-order chi connectivity index (χ0) is 16.6. The summed E-state index contributed by atoms with van der Waals surface area (Å²) in [6, 6.07) is 11.3. The molecule has 0 spiro atoms. The molecular formula is C16H10ClNO5. The molecule has 1 N–H and O–H groups in total. The van der Waals surface area contributed by atoms with Crippen LogP contribution in [0.5, 0.6) is 0 Å². The molecule has 116 valence electrons. The second kappa shape index (κ2) is 5.73. The molecule has 7 heteroatoms. The van der Waals surface area contributed by atoms with E-state index in [0.29, 0.717) is 32.7 Å². The Labute approximate surface area is 135 Å². The van der Waals surface area contributed by atoms with Crippen molar-refractivity contribution < 1.29 is 19.2 Å². The van der Waals surface area contributed by atoms with E-state index in [2.05, 4.69) is 0 Å². The normalized spacial score (nSPS) is 10.8. The molecule has 0 amide bonds. The van der Waals surface area contributed by atoms with E-state index in [9.17, 15) is 14.9 Å². The number of carboxylic acid groups (broad SMARTS) is 1. The fourth-order valence-electron chi connectivity index (χ4n) is 2.48. The number of hydrogen-bond donors (Lipinski definition) is 1. The summed E-state index contributed by atoms with van der Waals surface area (Å²) in [5, 5.41) is 21.1. The highest BCUT2D eigenvalue weighted by Gasteiger charge is 2.25. The minimum Gasteiger partial charge on any atom is -0.481 e. The van der Waals surface area contributed by atoms with Crippen molar-refractivity contribution >= 4 is 34.4 Å². The van der Waals surface area contributed by atoms with Gasteiger partial charge in [-0.15, -0.1) is 0 Å². The summed E-state index contributed by atoms with van der Waals surface area (Å²) in [5.74, 6) is -1.37. The maximum atomic E-state index is 11.3. The number of nitro groups is 1. The number of carboxylic acids is 1. The summed E-state index contributed by atoms with van der Waals surface area (Å²) >= 11 is 5.98. The second-order valence-corrected chi connectivity index (χ2v) is 5.39. The van der Waals surface area contributed by atoms with Crippen LogP contribution in [0.25, 0.3) is 22.1 Å². The van der Waals surface area contributed by atoms with Crippen molar-refractivity contribution in [3.05, 3.63) is 63.2 Å². The van der Waals surface area contributed by atoms with Gasteiger partial charge in [-0.3, -0.25) is 14.9 Å². The first-order valence-electron chi connectivity index (χ1n) is 6.63. The zero-order valence-electron chi connectivity index (χ0n) is 11.7. The predicted molar refractivity (Wildman–Crippen MR) is 84.7 cm³/mol. The molecule has 2 aromatic carbocycles. The topological polar surface area (TPSA) is 93.6 Å². The van der Waals surface area contributed by atoms with Crippen LogP contribution in [0.2, 0.25) is 5.02 Å². The van der Waals surface area contributed by atoms with E-state index < -0.39 is 16.8 Å². The summed E-state index contributed by atoms with van der Waals surface area (Å²) in [4.78, 5) is 21.5. The van der Waals surface area contributed by atoms with Gasteiger partial charge in [0.05, 0.1) is 6.42 Å². The van der Waals surface area contributed by atoms with Gasteiger partial charge >= 0.3 is 11.9 Å². The third-order valence-electron chi connectivity index (χ3n) is 3.37. The van der Waals surface area contributed by atoms with Crippen molar-refractivity contribution in [2.24, 2.45) is 0 Å². The van der Waals surface area contributed by atoms with E-state index in [-0.39, 0.29) is 6.42 Å². The van der Waals surface area contributed by atoms with Crippen molar-refractivity contribution in [2.75, 3.05) is 0 Å². The lowest BCUT2D eigenvalue weighted by atomic mass is 10.0. The minimum absolute atomic E-state index is 0.168. The number of halogens is 1. The first-order chi connectivity index (χ1) is 11.0. The maximum absolute atomic E-state index is 11.3. The van der Waals surface area contributed by atoms with E-state index in [1.807, 2.05) is 0 Å². The summed E-state index contributed by atoms with van der Waals surface area (Å²) in [5.41, 5.74) is 1.69. The Kier molecular flexibility index (Phi) is 3.75. The molecule has 0 aliphatic heterocycles. The molecule has 0 radical (unpaired) electrons.